The molecule has 2 aromatic heterocycles. The van der Waals surface area contributed by atoms with Crippen molar-refractivity contribution in [2.75, 3.05) is 36.1 Å². The predicted molar refractivity (Wildman–Crippen MR) is 158 cm³/mol. The van der Waals surface area contributed by atoms with Crippen LogP contribution in [0.4, 0.5) is 57.2 Å². The van der Waals surface area contributed by atoms with Crippen LogP contribution in [0.3, 0.4) is 0 Å². The van der Waals surface area contributed by atoms with E-state index in [1.54, 1.807) is 17.9 Å². The zero-order valence-corrected chi connectivity index (χ0v) is 25.2. The molecule has 1 fully saturated rings. The summed E-state index contributed by atoms with van der Waals surface area (Å²) in [5.41, 5.74) is -0.764. The van der Waals surface area contributed by atoms with Crippen LogP contribution >= 0.6 is 0 Å². The Morgan fingerprint density at radius 3 is 2.27 bits per heavy atom. The van der Waals surface area contributed by atoms with Gasteiger partial charge < -0.3 is 26.0 Å². The topological polar surface area (TPSA) is 137 Å². The maximum absolute atomic E-state index is 15.0. The Labute approximate surface area is 267 Å². The van der Waals surface area contributed by atoms with Gasteiger partial charge >= 0.3 is 24.4 Å². The van der Waals surface area contributed by atoms with E-state index >= 15 is 0 Å². The number of benzene rings is 2. The third-order valence-electron chi connectivity index (χ3n) is 7.29. The monoisotopic (exact) mass is 688 g/mol. The van der Waals surface area contributed by atoms with Gasteiger partial charge in [-0.3, -0.25) is 0 Å². The number of urea groups is 1. The molecule has 0 bridgehead atoms. The van der Waals surface area contributed by atoms with Crippen LogP contribution in [0, 0.1) is 11.6 Å². The van der Waals surface area contributed by atoms with Gasteiger partial charge in [-0.1, -0.05) is 6.07 Å². The fourth-order valence-electron chi connectivity index (χ4n) is 4.87. The number of aliphatic carboxylic acids is 1. The van der Waals surface area contributed by atoms with Crippen molar-refractivity contribution in [3.63, 3.8) is 0 Å². The van der Waals surface area contributed by atoms with E-state index in [1.165, 1.54) is 25.0 Å². The lowest BCUT2D eigenvalue weighted by atomic mass is 10.1. The molecule has 4 N–H and O–H groups in total. The van der Waals surface area contributed by atoms with Crippen molar-refractivity contribution >= 4 is 40.4 Å². The summed E-state index contributed by atoms with van der Waals surface area (Å²) in [6.07, 6.45) is -4.86. The number of halogens is 8. The fraction of sp³-hybridized carbons (Fsp3) is 0.345. The predicted octanol–water partition coefficient (Wildman–Crippen LogP) is 6.50. The van der Waals surface area contributed by atoms with Gasteiger partial charge in [-0.05, 0) is 63.2 Å². The quantitative estimate of drug-likeness (QED) is 0.162. The van der Waals surface area contributed by atoms with E-state index in [0.717, 1.165) is 25.6 Å². The molecule has 0 aliphatic carbocycles. The maximum atomic E-state index is 15.0. The van der Waals surface area contributed by atoms with Crippen LogP contribution in [0.25, 0.3) is 22.3 Å². The van der Waals surface area contributed by atoms with Crippen molar-refractivity contribution in [3.8, 4) is 11.3 Å². The lowest BCUT2D eigenvalue weighted by Crippen LogP contribution is -2.27. The number of aromatic nitrogens is 4. The Morgan fingerprint density at radius 2 is 1.67 bits per heavy atom. The van der Waals surface area contributed by atoms with E-state index in [0.29, 0.717) is 52.5 Å². The fourth-order valence-corrected chi connectivity index (χ4v) is 4.87. The molecule has 1 saturated heterocycles. The number of alkyl halides is 6. The van der Waals surface area contributed by atoms with Gasteiger partial charge in [0.1, 0.15) is 17.3 Å². The minimum Gasteiger partial charge on any atom is -0.475 e. The van der Waals surface area contributed by atoms with Crippen LogP contribution in [0.2, 0.25) is 0 Å². The Bertz CT molecular complexity index is 1790. The summed E-state index contributed by atoms with van der Waals surface area (Å²) >= 11 is 0. The Balaban J connectivity index is 0.000000671. The van der Waals surface area contributed by atoms with Gasteiger partial charge in [0.25, 0.3) is 0 Å². The molecule has 11 nitrogen and oxygen atoms in total. The van der Waals surface area contributed by atoms with E-state index in [9.17, 15) is 39.9 Å². The molecule has 19 heteroatoms. The summed E-state index contributed by atoms with van der Waals surface area (Å²) in [5.74, 6) is -4.21. The summed E-state index contributed by atoms with van der Waals surface area (Å²) in [6, 6.07) is 4.93. The van der Waals surface area contributed by atoms with Crippen LogP contribution in [-0.2, 0) is 18.0 Å². The van der Waals surface area contributed by atoms with Gasteiger partial charge in [0.2, 0.25) is 5.95 Å². The third kappa shape index (κ3) is 8.84. The van der Waals surface area contributed by atoms with Gasteiger partial charge in [-0.15, -0.1) is 0 Å². The number of fused-ring (bicyclic) bond motifs is 1. The molecule has 1 atom stereocenters. The molecule has 258 valence electrons. The number of nitrogens with one attached hydrogen (secondary N) is 3. The van der Waals surface area contributed by atoms with Gasteiger partial charge in [0, 0.05) is 31.4 Å². The minimum atomic E-state index is -5.08. The molecular weight excluding hydrogens is 660 g/mol. The zero-order valence-electron chi connectivity index (χ0n) is 25.2. The number of hydrogen-bond donors (Lipinski definition) is 4. The average molecular weight is 689 g/mol. The molecule has 3 heterocycles. The number of hydrogen-bond acceptors (Lipinski definition) is 7. The van der Waals surface area contributed by atoms with E-state index in [2.05, 4.69) is 37.6 Å². The largest absolute Gasteiger partial charge is 0.490 e. The van der Waals surface area contributed by atoms with Crippen LogP contribution in [0.5, 0.6) is 0 Å². The molecule has 0 saturated carbocycles. The summed E-state index contributed by atoms with van der Waals surface area (Å²) in [6.45, 7) is 1.83. The van der Waals surface area contributed by atoms with Crippen molar-refractivity contribution in [2.24, 2.45) is 7.05 Å². The number of carboxylic acid groups (broad SMARTS) is 1. The maximum Gasteiger partial charge on any atom is 0.490 e. The zero-order chi connectivity index (χ0) is 35.4. The lowest BCUT2D eigenvalue weighted by molar-refractivity contribution is -0.192. The number of nitrogens with zero attached hydrogens (tertiary/aromatic N) is 5. The van der Waals surface area contributed by atoms with Crippen molar-refractivity contribution in [3.05, 3.63) is 59.8 Å². The molecular formula is C29H28F8N8O3. The first-order valence-corrected chi connectivity index (χ1v) is 14.1. The summed E-state index contributed by atoms with van der Waals surface area (Å²) in [7, 11) is 3.83. The van der Waals surface area contributed by atoms with Gasteiger partial charge in [-0.2, -0.15) is 36.4 Å². The summed E-state index contributed by atoms with van der Waals surface area (Å²) in [5, 5.41) is 19.6. The van der Waals surface area contributed by atoms with Crippen LogP contribution in [-0.4, -0.2) is 74.1 Å². The number of carbonyl (C=O) groups is 2. The molecule has 2 aromatic carbocycles. The Morgan fingerprint density at radius 1 is 0.979 bits per heavy atom. The number of amides is 2. The molecule has 48 heavy (non-hydrogen) atoms. The highest BCUT2D eigenvalue weighted by molar-refractivity contribution is 6.00. The van der Waals surface area contributed by atoms with Gasteiger partial charge in [0.05, 0.1) is 22.3 Å². The SMILES string of the molecule is CN1CCCC1CCNc1ncc2c(-c3ccc(NC(=O)Nc4cc(C(F)(F)F)ccc4F)c(F)c3)nn(C)c2n1.O=C(O)C(F)(F)F. The van der Waals surface area contributed by atoms with Crippen LogP contribution in [0.1, 0.15) is 24.8 Å². The summed E-state index contributed by atoms with van der Waals surface area (Å²) < 4.78 is 101. The van der Waals surface area contributed by atoms with E-state index in [-0.39, 0.29) is 5.69 Å². The second-order valence-electron chi connectivity index (χ2n) is 10.7. The highest BCUT2D eigenvalue weighted by Gasteiger charge is 2.38. The number of carbonyl (C=O) groups excluding carboxylic acids is 1. The van der Waals surface area contributed by atoms with Gasteiger partial charge in [0.15, 0.2) is 5.65 Å². The first-order chi connectivity index (χ1) is 22.4. The highest BCUT2D eigenvalue weighted by Crippen LogP contribution is 2.32. The van der Waals surface area contributed by atoms with Crippen molar-refractivity contribution in [1.82, 2.24) is 24.6 Å². The number of aryl methyl sites for hydroxylation is 1. The second-order valence-corrected chi connectivity index (χ2v) is 10.7. The number of carboxylic acids is 1. The number of rotatable bonds is 7. The minimum absolute atomic E-state index is 0.269. The van der Waals surface area contributed by atoms with Crippen LogP contribution in [0.15, 0.2) is 42.6 Å². The molecule has 5 rings (SSSR count). The van der Waals surface area contributed by atoms with Crippen molar-refractivity contribution in [1.29, 1.82) is 0 Å². The first-order valence-electron chi connectivity index (χ1n) is 14.1. The van der Waals surface area contributed by atoms with Crippen LogP contribution < -0.4 is 16.0 Å². The number of likely N-dealkylation sites (tertiary alicyclic amines) is 1. The second kappa shape index (κ2) is 14.4. The van der Waals surface area contributed by atoms with Crippen molar-refractivity contribution < 1.29 is 49.8 Å². The Hall–Kier alpha value is -5.07. The molecule has 1 unspecified atom stereocenters. The van der Waals surface area contributed by atoms with E-state index < -0.39 is 47.2 Å². The van der Waals surface area contributed by atoms with Gasteiger partial charge in [-0.25, -0.2) is 28.0 Å². The third-order valence-corrected chi connectivity index (χ3v) is 7.29. The normalized spacial score (nSPS) is 15.2. The van der Waals surface area contributed by atoms with E-state index in [4.69, 9.17) is 9.90 Å². The smallest absolute Gasteiger partial charge is 0.475 e. The highest BCUT2D eigenvalue weighted by atomic mass is 19.4. The summed E-state index contributed by atoms with van der Waals surface area (Å²) in [4.78, 5) is 32.5. The lowest BCUT2D eigenvalue weighted by Gasteiger charge is -2.19. The molecule has 0 spiro atoms. The standard InChI is InChI=1S/C27H27F5N8O.C2HF3O2/c1-39-11-3-4-17(39)9-10-33-25-34-14-18-23(38-40(2)24(18)37-25)15-5-8-21(20(29)12-15)35-26(41)36-22-13-16(27(30,31)32)6-7-19(22)28;3-2(4,5)1(6)7/h5-8,12-14,17H,3-4,9-11H2,1-2H3,(H,33,34,37)(H2,35,36,41);(H,6,7). The average Bonchev–Trinajstić information content (AvgIpc) is 3.56. The number of anilines is 3. The molecule has 4 aromatic rings. The first kappa shape index (κ1) is 35.8. The molecule has 2 amide bonds. The molecule has 1 aliphatic rings. The molecule has 1 aliphatic heterocycles. The Kier molecular flexibility index (Phi) is 10.7. The molecule has 0 radical (unpaired) electrons. The van der Waals surface area contributed by atoms with E-state index in [1.807, 2.05) is 5.32 Å². The van der Waals surface area contributed by atoms with Crippen molar-refractivity contribution in [2.45, 2.75) is 37.7 Å².